The van der Waals surface area contributed by atoms with E-state index in [2.05, 4.69) is 42.6 Å². The first-order valence-electron chi connectivity index (χ1n) is 4.29. The number of hydrogen-bond donors (Lipinski definition) is 0. The molecule has 0 amide bonds. The summed E-state index contributed by atoms with van der Waals surface area (Å²) in [6.45, 7) is 8.08. The maximum atomic E-state index is 4.25. The zero-order valence-corrected chi connectivity index (χ0v) is 8.55. The summed E-state index contributed by atoms with van der Waals surface area (Å²) in [6.07, 6.45) is 3.54. The molecule has 0 N–H and O–H groups in total. The summed E-state index contributed by atoms with van der Waals surface area (Å²) in [4.78, 5) is 8.51. The number of hydrogen-bond acceptors (Lipinski definition) is 2. The maximum Gasteiger partial charge on any atom is 0.133 e. The van der Waals surface area contributed by atoms with Gasteiger partial charge in [-0.05, 0) is 6.92 Å². The Balaban J connectivity index is 2.98. The Bertz CT molecular complexity index is 333. The molecule has 1 rings (SSSR count). The van der Waals surface area contributed by atoms with E-state index in [1.807, 2.05) is 0 Å². The highest BCUT2D eigenvalue weighted by Gasteiger charge is 2.16. The molecule has 0 aliphatic carbocycles. The second-order valence-corrected chi connectivity index (χ2v) is 3.92. The highest BCUT2D eigenvalue weighted by Crippen LogP contribution is 2.16. The van der Waals surface area contributed by atoms with Crippen molar-refractivity contribution in [2.45, 2.75) is 33.1 Å². The lowest BCUT2D eigenvalue weighted by Gasteiger charge is -2.15. The second-order valence-electron chi connectivity index (χ2n) is 3.92. The van der Waals surface area contributed by atoms with E-state index in [9.17, 15) is 0 Å². The van der Waals surface area contributed by atoms with Crippen molar-refractivity contribution in [3.8, 4) is 11.8 Å². The first kappa shape index (κ1) is 9.73. The van der Waals surface area contributed by atoms with Gasteiger partial charge in [0.1, 0.15) is 5.82 Å². The first-order valence-corrected chi connectivity index (χ1v) is 4.29. The van der Waals surface area contributed by atoms with Gasteiger partial charge in [0.2, 0.25) is 0 Å². The van der Waals surface area contributed by atoms with Gasteiger partial charge in [0.15, 0.2) is 0 Å². The highest BCUT2D eigenvalue weighted by molar-refractivity contribution is 5.29. The Morgan fingerprint density at radius 1 is 1.15 bits per heavy atom. The maximum absolute atomic E-state index is 4.25. The summed E-state index contributed by atoms with van der Waals surface area (Å²) in [5, 5.41) is 0. The van der Waals surface area contributed by atoms with E-state index in [1.54, 1.807) is 19.3 Å². The molecule has 1 aromatic rings. The van der Waals surface area contributed by atoms with E-state index in [4.69, 9.17) is 0 Å². The Hall–Kier alpha value is -1.36. The van der Waals surface area contributed by atoms with Crippen LogP contribution >= 0.6 is 0 Å². The second kappa shape index (κ2) is 3.57. The van der Waals surface area contributed by atoms with Crippen LogP contribution in [0.5, 0.6) is 0 Å². The Morgan fingerprint density at radius 3 is 2.08 bits per heavy atom. The molecule has 0 atom stereocenters. The van der Waals surface area contributed by atoms with Gasteiger partial charge in [0.25, 0.3) is 0 Å². The van der Waals surface area contributed by atoms with Crippen molar-refractivity contribution in [3.63, 3.8) is 0 Å². The predicted molar refractivity (Wildman–Crippen MR) is 53.3 cm³/mol. The third kappa shape index (κ3) is 2.55. The number of rotatable bonds is 0. The molecule has 0 saturated carbocycles. The Kier molecular flexibility index (Phi) is 2.67. The molecule has 0 spiro atoms. The van der Waals surface area contributed by atoms with Gasteiger partial charge in [-0.3, -0.25) is 0 Å². The van der Waals surface area contributed by atoms with Gasteiger partial charge in [-0.25, -0.2) is 9.97 Å². The van der Waals surface area contributed by atoms with Crippen LogP contribution in [0.15, 0.2) is 12.4 Å². The fourth-order valence-electron chi connectivity index (χ4n) is 0.924. The van der Waals surface area contributed by atoms with E-state index in [1.165, 1.54) is 0 Å². The fourth-order valence-corrected chi connectivity index (χ4v) is 0.924. The third-order valence-corrected chi connectivity index (χ3v) is 1.59. The molecular formula is C11H14N2. The van der Waals surface area contributed by atoms with E-state index in [-0.39, 0.29) is 5.41 Å². The largest absolute Gasteiger partial charge is 0.240 e. The topological polar surface area (TPSA) is 25.8 Å². The molecule has 1 aromatic heterocycles. The molecule has 0 saturated heterocycles. The van der Waals surface area contributed by atoms with Gasteiger partial charge >= 0.3 is 0 Å². The number of nitrogens with zero attached hydrogens (tertiary/aromatic N) is 2. The van der Waals surface area contributed by atoms with Crippen LogP contribution in [0.2, 0.25) is 0 Å². The van der Waals surface area contributed by atoms with Crippen molar-refractivity contribution in [2.24, 2.45) is 0 Å². The molecule has 13 heavy (non-hydrogen) atoms. The van der Waals surface area contributed by atoms with Gasteiger partial charge in [0.05, 0.1) is 5.56 Å². The summed E-state index contributed by atoms with van der Waals surface area (Å²) in [6, 6.07) is 0. The van der Waals surface area contributed by atoms with Gasteiger partial charge in [-0.1, -0.05) is 26.7 Å². The average Bonchev–Trinajstić information content (AvgIpc) is 2.04. The fraction of sp³-hybridized carbons (Fsp3) is 0.455. The van der Waals surface area contributed by atoms with Crippen LogP contribution in [-0.4, -0.2) is 9.97 Å². The van der Waals surface area contributed by atoms with E-state index in [0.717, 1.165) is 11.4 Å². The molecule has 0 aliphatic rings. The SMILES string of the molecule is CC#Cc1cnc(C(C)(C)C)nc1. The van der Waals surface area contributed by atoms with Crippen LogP contribution < -0.4 is 0 Å². The van der Waals surface area contributed by atoms with Crippen LogP contribution in [0.4, 0.5) is 0 Å². The normalized spacial score (nSPS) is 10.5. The summed E-state index contributed by atoms with van der Waals surface area (Å²) in [5.74, 6) is 6.58. The predicted octanol–water partition coefficient (Wildman–Crippen LogP) is 2.15. The summed E-state index contributed by atoms with van der Waals surface area (Å²) < 4.78 is 0. The smallest absolute Gasteiger partial charge is 0.133 e. The minimum atomic E-state index is 0.0121. The van der Waals surface area contributed by atoms with Crippen LogP contribution in [0, 0.1) is 11.8 Å². The van der Waals surface area contributed by atoms with Crippen LogP contribution in [0.3, 0.4) is 0 Å². The molecule has 0 unspecified atom stereocenters. The molecule has 0 bridgehead atoms. The quantitative estimate of drug-likeness (QED) is 0.563. The van der Waals surface area contributed by atoms with E-state index in [0.29, 0.717) is 0 Å². The molecule has 0 aliphatic heterocycles. The van der Waals surface area contributed by atoms with Crippen molar-refractivity contribution in [3.05, 3.63) is 23.8 Å². The highest BCUT2D eigenvalue weighted by atomic mass is 14.9. The zero-order chi connectivity index (χ0) is 9.90. The minimum Gasteiger partial charge on any atom is -0.240 e. The van der Waals surface area contributed by atoms with Crippen LogP contribution in [0.25, 0.3) is 0 Å². The molecule has 0 aromatic carbocycles. The molecule has 2 nitrogen and oxygen atoms in total. The lowest BCUT2D eigenvalue weighted by molar-refractivity contribution is 0.545. The Morgan fingerprint density at radius 2 is 1.69 bits per heavy atom. The van der Waals surface area contributed by atoms with Gasteiger partial charge in [-0.2, -0.15) is 0 Å². The van der Waals surface area contributed by atoms with Crippen molar-refractivity contribution in [2.75, 3.05) is 0 Å². The molecule has 1 heterocycles. The van der Waals surface area contributed by atoms with Gasteiger partial charge in [0, 0.05) is 17.8 Å². The molecular weight excluding hydrogens is 160 g/mol. The summed E-state index contributed by atoms with van der Waals surface area (Å²) in [7, 11) is 0. The number of aromatic nitrogens is 2. The lowest BCUT2D eigenvalue weighted by atomic mass is 9.96. The Labute approximate surface area is 79.4 Å². The first-order chi connectivity index (χ1) is 6.04. The standard InChI is InChI=1S/C11H14N2/c1-5-6-9-7-12-10(13-8-9)11(2,3)4/h7-8H,1-4H3. The average molecular weight is 174 g/mol. The molecule has 2 heteroatoms. The van der Waals surface area contributed by atoms with Crippen LogP contribution in [-0.2, 0) is 5.41 Å². The van der Waals surface area contributed by atoms with Crippen molar-refractivity contribution in [1.82, 2.24) is 9.97 Å². The van der Waals surface area contributed by atoms with Gasteiger partial charge < -0.3 is 0 Å². The van der Waals surface area contributed by atoms with Crippen LogP contribution in [0.1, 0.15) is 39.1 Å². The van der Waals surface area contributed by atoms with E-state index >= 15 is 0 Å². The lowest BCUT2D eigenvalue weighted by Crippen LogP contribution is -2.15. The van der Waals surface area contributed by atoms with E-state index < -0.39 is 0 Å². The zero-order valence-electron chi connectivity index (χ0n) is 8.55. The van der Waals surface area contributed by atoms with Crippen molar-refractivity contribution in [1.29, 1.82) is 0 Å². The van der Waals surface area contributed by atoms with Crippen molar-refractivity contribution < 1.29 is 0 Å². The molecule has 68 valence electrons. The van der Waals surface area contributed by atoms with Crippen molar-refractivity contribution >= 4 is 0 Å². The molecule has 0 radical (unpaired) electrons. The summed E-state index contributed by atoms with van der Waals surface area (Å²) in [5.41, 5.74) is 0.883. The summed E-state index contributed by atoms with van der Waals surface area (Å²) >= 11 is 0. The van der Waals surface area contributed by atoms with Gasteiger partial charge in [-0.15, -0.1) is 5.92 Å². The molecule has 0 fully saturated rings. The minimum absolute atomic E-state index is 0.0121. The monoisotopic (exact) mass is 174 g/mol. The third-order valence-electron chi connectivity index (χ3n) is 1.59.